The third-order valence-electron chi connectivity index (χ3n) is 1.72. The number of benzene rings is 1. The Morgan fingerprint density at radius 2 is 2.06 bits per heavy atom. The molecule has 0 aliphatic rings. The molecule has 0 saturated carbocycles. The molecular weight excluding hydrogens is 314 g/mol. The summed E-state index contributed by atoms with van der Waals surface area (Å²) in [5, 5.41) is 0.529. The summed E-state index contributed by atoms with van der Waals surface area (Å²) in [7, 11) is 0. The molecule has 0 aliphatic carbocycles. The molecule has 0 bridgehead atoms. The Labute approximate surface area is 109 Å². The first-order valence-corrected chi connectivity index (χ1v) is 6.22. The fourth-order valence-corrected chi connectivity index (χ4v) is 2.21. The Kier molecular flexibility index (Phi) is 3.58. The molecule has 3 nitrogen and oxygen atoms in total. The minimum atomic E-state index is 0.173. The molecule has 1 heterocycles. The van der Waals surface area contributed by atoms with Crippen molar-refractivity contribution in [1.29, 1.82) is 0 Å². The summed E-state index contributed by atoms with van der Waals surface area (Å²) in [6.45, 7) is 0. The van der Waals surface area contributed by atoms with Crippen LogP contribution in [0.3, 0.4) is 0 Å². The number of aldehydes is 1. The van der Waals surface area contributed by atoms with Crippen LogP contribution in [-0.4, -0.2) is 11.3 Å². The summed E-state index contributed by atoms with van der Waals surface area (Å²) >= 11 is 10.2. The van der Waals surface area contributed by atoms with Crippen LogP contribution in [0.25, 0.3) is 0 Å². The average Bonchev–Trinajstić information content (AvgIpc) is 2.62. The van der Waals surface area contributed by atoms with E-state index in [4.69, 9.17) is 16.3 Å². The number of carbonyl (C=O) groups is 1. The van der Waals surface area contributed by atoms with Gasteiger partial charge < -0.3 is 4.74 Å². The van der Waals surface area contributed by atoms with E-state index in [9.17, 15) is 4.79 Å². The second-order valence-corrected chi connectivity index (χ2v) is 5.08. The van der Waals surface area contributed by atoms with Crippen molar-refractivity contribution in [2.75, 3.05) is 0 Å². The maximum absolute atomic E-state index is 10.6. The molecule has 2 aromatic rings. The SMILES string of the molecule is O=Cc1sc(Oc2ccc(Br)cc2)nc1Cl. The van der Waals surface area contributed by atoms with Gasteiger partial charge in [-0.05, 0) is 24.3 Å². The van der Waals surface area contributed by atoms with Gasteiger partial charge >= 0.3 is 0 Å². The van der Waals surface area contributed by atoms with Crippen molar-refractivity contribution in [3.63, 3.8) is 0 Å². The van der Waals surface area contributed by atoms with E-state index in [0.29, 0.717) is 22.1 Å². The highest BCUT2D eigenvalue weighted by molar-refractivity contribution is 9.10. The molecule has 0 aliphatic heterocycles. The van der Waals surface area contributed by atoms with Crippen LogP contribution in [0.5, 0.6) is 10.9 Å². The van der Waals surface area contributed by atoms with E-state index in [1.165, 1.54) is 0 Å². The zero-order valence-electron chi connectivity index (χ0n) is 7.81. The number of hydrogen-bond acceptors (Lipinski definition) is 4. The number of ether oxygens (including phenoxy) is 1. The minimum Gasteiger partial charge on any atom is -0.431 e. The van der Waals surface area contributed by atoms with E-state index >= 15 is 0 Å². The van der Waals surface area contributed by atoms with Crippen LogP contribution in [0.1, 0.15) is 9.67 Å². The zero-order chi connectivity index (χ0) is 11.5. The molecule has 82 valence electrons. The highest BCUT2D eigenvalue weighted by Gasteiger charge is 2.09. The van der Waals surface area contributed by atoms with Crippen LogP contribution >= 0.6 is 38.9 Å². The lowest BCUT2D eigenvalue weighted by Gasteiger charge is -2.00. The molecule has 0 fully saturated rings. The van der Waals surface area contributed by atoms with Crippen molar-refractivity contribution >= 4 is 45.2 Å². The Morgan fingerprint density at radius 3 is 2.62 bits per heavy atom. The Hall–Kier alpha value is -0.910. The number of halogens is 2. The summed E-state index contributed by atoms with van der Waals surface area (Å²) in [6.07, 6.45) is 0.661. The van der Waals surface area contributed by atoms with E-state index in [1.54, 1.807) is 12.1 Å². The van der Waals surface area contributed by atoms with Crippen molar-refractivity contribution < 1.29 is 9.53 Å². The summed E-state index contributed by atoms with van der Waals surface area (Å²) < 4.78 is 6.40. The van der Waals surface area contributed by atoms with Crippen molar-refractivity contribution in [2.45, 2.75) is 0 Å². The first-order valence-electron chi connectivity index (χ1n) is 4.24. The van der Waals surface area contributed by atoms with E-state index < -0.39 is 0 Å². The molecule has 2 rings (SSSR count). The lowest BCUT2D eigenvalue weighted by Crippen LogP contribution is -1.81. The van der Waals surface area contributed by atoms with E-state index in [-0.39, 0.29) is 5.15 Å². The van der Waals surface area contributed by atoms with Crippen molar-refractivity contribution in [3.05, 3.63) is 38.8 Å². The third kappa shape index (κ3) is 2.61. The van der Waals surface area contributed by atoms with Gasteiger partial charge in [0.1, 0.15) is 10.6 Å². The smallest absolute Gasteiger partial charge is 0.280 e. The number of hydrogen-bond donors (Lipinski definition) is 0. The molecule has 0 spiro atoms. The van der Waals surface area contributed by atoms with Crippen molar-refractivity contribution in [2.24, 2.45) is 0 Å². The molecule has 16 heavy (non-hydrogen) atoms. The number of rotatable bonds is 3. The predicted molar refractivity (Wildman–Crippen MR) is 66.7 cm³/mol. The third-order valence-corrected chi connectivity index (χ3v) is 3.50. The summed E-state index contributed by atoms with van der Waals surface area (Å²) in [5.41, 5.74) is 0. The Morgan fingerprint density at radius 1 is 1.38 bits per heavy atom. The van der Waals surface area contributed by atoms with Crippen LogP contribution in [0.2, 0.25) is 5.15 Å². The van der Waals surface area contributed by atoms with Gasteiger partial charge in [0.2, 0.25) is 0 Å². The highest BCUT2D eigenvalue weighted by atomic mass is 79.9. The minimum absolute atomic E-state index is 0.173. The lowest BCUT2D eigenvalue weighted by molar-refractivity contribution is 0.112. The number of aromatic nitrogens is 1. The summed E-state index contributed by atoms with van der Waals surface area (Å²) in [4.78, 5) is 14.8. The van der Waals surface area contributed by atoms with Gasteiger partial charge in [0.15, 0.2) is 11.4 Å². The Balaban J connectivity index is 2.20. The first-order chi connectivity index (χ1) is 7.69. The molecule has 0 radical (unpaired) electrons. The number of thiazole rings is 1. The molecule has 0 atom stereocenters. The largest absolute Gasteiger partial charge is 0.431 e. The first kappa shape index (κ1) is 11.6. The highest BCUT2D eigenvalue weighted by Crippen LogP contribution is 2.31. The molecule has 0 amide bonds. The second-order valence-electron chi connectivity index (χ2n) is 2.81. The second kappa shape index (κ2) is 4.95. The van der Waals surface area contributed by atoms with E-state index in [2.05, 4.69) is 20.9 Å². The number of nitrogens with zero attached hydrogens (tertiary/aromatic N) is 1. The lowest BCUT2D eigenvalue weighted by atomic mass is 10.3. The van der Waals surface area contributed by atoms with Gasteiger partial charge in [-0.25, -0.2) is 0 Å². The van der Waals surface area contributed by atoms with Crippen molar-refractivity contribution in [1.82, 2.24) is 4.98 Å². The fraction of sp³-hybridized carbons (Fsp3) is 0. The molecule has 0 saturated heterocycles. The normalized spacial score (nSPS) is 10.1. The standard InChI is InChI=1S/C10H5BrClNO2S/c11-6-1-3-7(4-2-6)15-10-13-9(12)8(5-14)16-10/h1-5H. The summed E-state index contributed by atoms with van der Waals surface area (Å²) in [6, 6.07) is 7.29. The monoisotopic (exact) mass is 317 g/mol. The van der Waals surface area contributed by atoms with Crippen LogP contribution in [0, 0.1) is 0 Å². The zero-order valence-corrected chi connectivity index (χ0v) is 11.0. The van der Waals surface area contributed by atoms with Gasteiger partial charge in [-0.1, -0.05) is 38.9 Å². The van der Waals surface area contributed by atoms with Gasteiger partial charge in [0, 0.05) is 4.47 Å². The van der Waals surface area contributed by atoms with Gasteiger partial charge in [-0.3, -0.25) is 4.79 Å². The Bertz CT molecular complexity index is 512. The van der Waals surface area contributed by atoms with Gasteiger partial charge in [-0.2, -0.15) is 4.98 Å². The fourth-order valence-electron chi connectivity index (χ4n) is 1.01. The van der Waals surface area contributed by atoms with Crippen LogP contribution in [-0.2, 0) is 0 Å². The maximum Gasteiger partial charge on any atom is 0.280 e. The molecular formula is C10H5BrClNO2S. The molecule has 1 aromatic heterocycles. The van der Waals surface area contributed by atoms with Gasteiger partial charge in [-0.15, -0.1) is 0 Å². The average molecular weight is 319 g/mol. The molecule has 0 unspecified atom stereocenters. The molecule has 1 aromatic carbocycles. The maximum atomic E-state index is 10.6. The quantitative estimate of drug-likeness (QED) is 0.798. The topological polar surface area (TPSA) is 39.2 Å². The van der Waals surface area contributed by atoms with Crippen LogP contribution in [0.4, 0.5) is 0 Å². The van der Waals surface area contributed by atoms with Gasteiger partial charge in [0.25, 0.3) is 5.19 Å². The molecule has 6 heteroatoms. The number of carbonyl (C=O) groups excluding carboxylic acids is 1. The molecule has 0 N–H and O–H groups in total. The van der Waals surface area contributed by atoms with Crippen LogP contribution in [0.15, 0.2) is 28.7 Å². The van der Waals surface area contributed by atoms with Crippen LogP contribution < -0.4 is 4.74 Å². The van der Waals surface area contributed by atoms with Gasteiger partial charge in [0.05, 0.1) is 0 Å². The summed E-state index contributed by atoms with van der Waals surface area (Å²) in [5.74, 6) is 0.645. The predicted octanol–water partition coefficient (Wildman–Crippen LogP) is 4.16. The van der Waals surface area contributed by atoms with Crippen molar-refractivity contribution in [3.8, 4) is 10.9 Å². The van der Waals surface area contributed by atoms with E-state index in [0.717, 1.165) is 15.8 Å². The van der Waals surface area contributed by atoms with E-state index in [1.807, 2.05) is 12.1 Å².